The first-order chi connectivity index (χ1) is 11.6. The first-order valence-corrected chi connectivity index (χ1v) is 7.84. The number of amides is 1. The highest BCUT2D eigenvalue weighted by Crippen LogP contribution is 2.36. The van der Waals surface area contributed by atoms with Gasteiger partial charge in [0.1, 0.15) is 6.61 Å². The Labute approximate surface area is 148 Å². The molecule has 0 unspecified atom stereocenters. The van der Waals surface area contributed by atoms with Gasteiger partial charge in [-0.05, 0) is 39.2 Å². The van der Waals surface area contributed by atoms with E-state index in [1.807, 2.05) is 36.4 Å². The molecule has 0 aliphatic heterocycles. The van der Waals surface area contributed by atoms with Crippen LogP contribution in [0.25, 0.3) is 0 Å². The van der Waals surface area contributed by atoms with Crippen LogP contribution in [0.3, 0.4) is 0 Å². The third kappa shape index (κ3) is 4.99. The Morgan fingerprint density at radius 3 is 2.67 bits per heavy atom. The normalized spacial score (nSPS) is 10.5. The van der Waals surface area contributed by atoms with Gasteiger partial charge in [0.05, 0.1) is 24.9 Å². The number of halogens is 1. The van der Waals surface area contributed by atoms with E-state index in [0.717, 1.165) is 15.6 Å². The maximum atomic E-state index is 11.0. The maximum Gasteiger partial charge on any atom is 0.427 e. The van der Waals surface area contributed by atoms with Gasteiger partial charge in [-0.15, -0.1) is 0 Å². The Morgan fingerprint density at radius 1 is 1.25 bits per heavy atom. The molecule has 126 valence electrons. The molecular weight excluding hydrogens is 376 g/mol. The second kappa shape index (κ2) is 8.93. The van der Waals surface area contributed by atoms with Gasteiger partial charge in [0, 0.05) is 0 Å². The van der Waals surface area contributed by atoms with Crippen LogP contribution in [0.4, 0.5) is 4.79 Å². The monoisotopic (exact) mass is 392 g/mol. The Hall–Kier alpha value is -2.54. The molecule has 0 fully saturated rings. The van der Waals surface area contributed by atoms with Gasteiger partial charge in [-0.3, -0.25) is 0 Å². The number of carbonyl (C=O) groups excluding carboxylic acids is 1. The van der Waals surface area contributed by atoms with E-state index in [9.17, 15) is 4.79 Å². The Kier molecular flexibility index (Phi) is 6.62. The van der Waals surface area contributed by atoms with Crippen molar-refractivity contribution in [1.29, 1.82) is 0 Å². The van der Waals surface area contributed by atoms with Gasteiger partial charge in [0.25, 0.3) is 0 Å². The van der Waals surface area contributed by atoms with Crippen LogP contribution in [0.1, 0.15) is 11.1 Å². The summed E-state index contributed by atoms with van der Waals surface area (Å²) in [4.78, 5) is 11.0. The lowest BCUT2D eigenvalue weighted by Crippen LogP contribution is -2.16. The SMILES string of the molecule is COC(=O)N/N=C\c1cc(Br)c(OCc2ccccc2)c(OC)c1. The molecule has 2 aromatic rings. The fourth-order valence-corrected chi connectivity index (χ4v) is 2.46. The van der Waals surface area contributed by atoms with E-state index in [1.165, 1.54) is 13.3 Å². The molecule has 1 amide bonds. The summed E-state index contributed by atoms with van der Waals surface area (Å²) in [7, 11) is 2.83. The zero-order valence-corrected chi connectivity index (χ0v) is 14.9. The van der Waals surface area contributed by atoms with Crippen molar-refractivity contribution in [1.82, 2.24) is 5.43 Å². The van der Waals surface area contributed by atoms with Gasteiger partial charge < -0.3 is 14.2 Å². The number of benzene rings is 2. The van der Waals surface area contributed by atoms with Crippen molar-refractivity contribution in [3.8, 4) is 11.5 Å². The lowest BCUT2D eigenvalue weighted by Gasteiger charge is -2.13. The van der Waals surface area contributed by atoms with E-state index < -0.39 is 6.09 Å². The summed E-state index contributed by atoms with van der Waals surface area (Å²) >= 11 is 3.47. The van der Waals surface area contributed by atoms with Crippen molar-refractivity contribution < 1.29 is 19.0 Å². The van der Waals surface area contributed by atoms with Crippen LogP contribution < -0.4 is 14.9 Å². The first kappa shape index (κ1) is 17.8. The number of rotatable bonds is 6. The lowest BCUT2D eigenvalue weighted by atomic mass is 10.2. The molecule has 2 aromatic carbocycles. The summed E-state index contributed by atoms with van der Waals surface area (Å²) in [5.74, 6) is 1.15. The highest BCUT2D eigenvalue weighted by Gasteiger charge is 2.11. The molecule has 0 bridgehead atoms. The van der Waals surface area contributed by atoms with E-state index in [2.05, 4.69) is 31.2 Å². The van der Waals surface area contributed by atoms with E-state index in [0.29, 0.717) is 18.1 Å². The standard InChI is InChI=1S/C17H17BrN2O4/c1-22-15-9-13(10-19-20-17(21)23-2)8-14(18)16(15)24-11-12-6-4-3-5-7-12/h3-10H,11H2,1-2H3,(H,20,21)/b19-10-. The van der Waals surface area contributed by atoms with E-state index in [4.69, 9.17) is 9.47 Å². The molecule has 0 aliphatic rings. The van der Waals surface area contributed by atoms with Crippen molar-refractivity contribution >= 4 is 28.2 Å². The Bertz CT molecular complexity index is 720. The predicted octanol–water partition coefficient (Wildman–Crippen LogP) is 3.73. The number of carbonyl (C=O) groups is 1. The summed E-state index contributed by atoms with van der Waals surface area (Å²) in [6.07, 6.45) is 0.839. The average molecular weight is 393 g/mol. The summed E-state index contributed by atoms with van der Waals surface area (Å²) in [6.45, 7) is 0.424. The van der Waals surface area contributed by atoms with E-state index >= 15 is 0 Å². The van der Waals surface area contributed by atoms with Crippen LogP contribution in [-0.4, -0.2) is 26.5 Å². The zero-order chi connectivity index (χ0) is 17.4. The molecule has 6 nitrogen and oxygen atoms in total. The Morgan fingerprint density at radius 2 is 2.00 bits per heavy atom. The number of hydrogen-bond donors (Lipinski definition) is 1. The summed E-state index contributed by atoms with van der Waals surface area (Å²) in [5, 5.41) is 3.79. The van der Waals surface area contributed by atoms with Gasteiger partial charge in [0.15, 0.2) is 11.5 Å². The van der Waals surface area contributed by atoms with Crippen LogP contribution >= 0.6 is 15.9 Å². The van der Waals surface area contributed by atoms with Crippen molar-refractivity contribution in [2.45, 2.75) is 6.61 Å². The van der Waals surface area contributed by atoms with Gasteiger partial charge >= 0.3 is 6.09 Å². The predicted molar refractivity (Wildman–Crippen MR) is 94.6 cm³/mol. The van der Waals surface area contributed by atoms with Crippen LogP contribution in [0, 0.1) is 0 Å². The van der Waals surface area contributed by atoms with E-state index in [1.54, 1.807) is 13.2 Å². The first-order valence-electron chi connectivity index (χ1n) is 7.05. The van der Waals surface area contributed by atoms with Crippen molar-refractivity contribution in [3.05, 3.63) is 58.1 Å². The number of nitrogens with one attached hydrogen (secondary N) is 1. The number of hydrogen-bond acceptors (Lipinski definition) is 5. The third-order valence-electron chi connectivity index (χ3n) is 3.03. The highest BCUT2D eigenvalue weighted by molar-refractivity contribution is 9.10. The lowest BCUT2D eigenvalue weighted by molar-refractivity contribution is 0.171. The zero-order valence-electron chi connectivity index (χ0n) is 13.3. The second-order valence-corrected chi connectivity index (χ2v) is 5.52. The minimum Gasteiger partial charge on any atom is -0.493 e. The molecule has 24 heavy (non-hydrogen) atoms. The number of ether oxygens (including phenoxy) is 3. The number of nitrogens with zero attached hydrogens (tertiary/aromatic N) is 1. The summed E-state index contributed by atoms with van der Waals surface area (Å²) in [6, 6.07) is 13.4. The quantitative estimate of drug-likeness (QED) is 0.600. The molecule has 7 heteroatoms. The molecule has 0 heterocycles. The van der Waals surface area contributed by atoms with Crippen molar-refractivity contribution in [2.75, 3.05) is 14.2 Å². The fraction of sp³-hybridized carbons (Fsp3) is 0.176. The molecule has 1 N–H and O–H groups in total. The molecule has 0 saturated heterocycles. The third-order valence-corrected chi connectivity index (χ3v) is 3.62. The maximum absolute atomic E-state index is 11.0. The average Bonchev–Trinajstić information content (AvgIpc) is 2.61. The van der Waals surface area contributed by atoms with Crippen molar-refractivity contribution in [3.63, 3.8) is 0 Å². The highest BCUT2D eigenvalue weighted by atomic mass is 79.9. The minimum absolute atomic E-state index is 0.424. The number of hydrazone groups is 1. The second-order valence-electron chi connectivity index (χ2n) is 4.67. The molecule has 0 atom stereocenters. The summed E-state index contributed by atoms with van der Waals surface area (Å²) in [5.41, 5.74) is 4.00. The van der Waals surface area contributed by atoms with E-state index in [-0.39, 0.29) is 0 Å². The Balaban J connectivity index is 2.13. The van der Waals surface area contributed by atoms with Crippen LogP contribution in [0.2, 0.25) is 0 Å². The molecule has 0 radical (unpaired) electrons. The van der Waals surface area contributed by atoms with Crippen LogP contribution in [0.5, 0.6) is 11.5 Å². The van der Waals surface area contributed by atoms with Crippen LogP contribution in [0.15, 0.2) is 52.0 Å². The molecular formula is C17H17BrN2O4. The topological polar surface area (TPSA) is 69.2 Å². The molecule has 0 aromatic heterocycles. The largest absolute Gasteiger partial charge is 0.493 e. The fourth-order valence-electron chi connectivity index (χ4n) is 1.89. The summed E-state index contributed by atoms with van der Waals surface area (Å²) < 4.78 is 16.4. The molecule has 0 spiro atoms. The van der Waals surface area contributed by atoms with Crippen LogP contribution in [-0.2, 0) is 11.3 Å². The van der Waals surface area contributed by atoms with Gasteiger partial charge in [-0.1, -0.05) is 30.3 Å². The molecule has 2 rings (SSSR count). The van der Waals surface area contributed by atoms with Crippen molar-refractivity contribution in [2.24, 2.45) is 5.10 Å². The van der Waals surface area contributed by atoms with Gasteiger partial charge in [-0.25, -0.2) is 10.2 Å². The molecule has 0 aliphatic carbocycles. The molecule has 0 saturated carbocycles. The minimum atomic E-state index is -0.639. The smallest absolute Gasteiger partial charge is 0.427 e. The van der Waals surface area contributed by atoms with Gasteiger partial charge in [-0.2, -0.15) is 5.10 Å². The number of methoxy groups -OCH3 is 2. The van der Waals surface area contributed by atoms with Gasteiger partial charge in [0.2, 0.25) is 0 Å².